The van der Waals surface area contributed by atoms with Crippen molar-refractivity contribution in [2.45, 2.75) is 31.3 Å². The minimum atomic E-state index is -0.368. The summed E-state index contributed by atoms with van der Waals surface area (Å²) < 4.78 is 14.2. The largest absolute Gasteiger partial charge is 0.392 e. The molecule has 1 saturated heterocycles. The summed E-state index contributed by atoms with van der Waals surface area (Å²) in [6, 6.07) is 12.7. The van der Waals surface area contributed by atoms with Crippen molar-refractivity contribution in [2.24, 2.45) is 0 Å². The Balaban J connectivity index is 1.24. The van der Waals surface area contributed by atoms with Crippen LogP contribution in [-0.2, 0) is 5.41 Å². The van der Waals surface area contributed by atoms with Crippen molar-refractivity contribution in [1.29, 1.82) is 0 Å². The van der Waals surface area contributed by atoms with Gasteiger partial charge in [-0.25, -0.2) is 14.4 Å². The van der Waals surface area contributed by atoms with Crippen LogP contribution in [0.2, 0.25) is 0 Å². The van der Waals surface area contributed by atoms with Crippen LogP contribution in [-0.4, -0.2) is 76.2 Å². The van der Waals surface area contributed by atoms with Gasteiger partial charge in [-0.15, -0.1) is 0 Å². The standard InChI is InChI=1S/C28H30FN5O2/c1-19(35)17-32-10-12-33(13-11-32)26(36)20-6-7-23-25(14-20)34(18-28(23)8-9-28)27-30-15-21(16-31-27)22-4-2-3-5-24(22)29/h2-7,14-16,19,35H,8-13,17-18H2,1H3. The molecule has 1 saturated carbocycles. The number of carbonyl (C=O) groups excluding carboxylic acids is 1. The monoisotopic (exact) mass is 487 g/mol. The Hall–Kier alpha value is -3.36. The number of anilines is 2. The van der Waals surface area contributed by atoms with Gasteiger partial charge in [0.1, 0.15) is 5.82 Å². The Morgan fingerprint density at radius 1 is 1.08 bits per heavy atom. The third-order valence-electron chi connectivity index (χ3n) is 7.67. The maximum atomic E-state index is 14.2. The van der Waals surface area contributed by atoms with Crippen LogP contribution in [0.4, 0.5) is 16.0 Å². The van der Waals surface area contributed by atoms with E-state index in [-0.39, 0.29) is 23.2 Å². The molecule has 6 rings (SSSR count). The number of benzene rings is 2. The first kappa shape index (κ1) is 23.1. The van der Waals surface area contributed by atoms with Crippen LogP contribution < -0.4 is 4.90 Å². The summed E-state index contributed by atoms with van der Waals surface area (Å²) in [5, 5.41) is 9.65. The summed E-state index contributed by atoms with van der Waals surface area (Å²) in [6.07, 6.45) is 5.19. The molecule has 3 aliphatic rings. The SMILES string of the molecule is CC(O)CN1CCN(C(=O)c2ccc3c(c2)N(c2ncc(-c4ccccc4F)cn2)CC32CC2)CC1. The first-order chi connectivity index (χ1) is 17.4. The van der Waals surface area contributed by atoms with Crippen molar-refractivity contribution < 1.29 is 14.3 Å². The molecule has 1 aliphatic carbocycles. The average Bonchev–Trinajstić information content (AvgIpc) is 3.60. The molecule has 2 fully saturated rings. The number of nitrogens with zero attached hydrogens (tertiary/aromatic N) is 5. The van der Waals surface area contributed by atoms with E-state index < -0.39 is 0 Å². The van der Waals surface area contributed by atoms with E-state index >= 15 is 0 Å². The number of rotatable bonds is 5. The number of β-amino-alcohol motifs (C(OH)–C–C–N with tert-alkyl or cyclic N) is 1. The Morgan fingerprint density at radius 3 is 2.47 bits per heavy atom. The summed E-state index contributed by atoms with van der Waals surface area (Å²) in [4.78, 5) is 28.7. The molecule has 2 aromatic carbocycles. The van der Waals surface area contributed by atoms with Crippen LogP contribution in [0.25, 0.3) is 11.1 Å². The number of fused-ring (bicyclic) bond motifs is 2. The quantitative estimate of drug-likeness (QED) is 0.593. The predicted molar refractivity (Wildman–Crippen MR) is 136 cm³/mol. The zero-order valence-corrected chi connectivity index (χ0v) is 20.4. The maximum Gasteiger partial charge on any atom is 0.254 e. The molecular weight excluding hydrogens is 457 g/mol. The number of aliphatic hydroxyl groups is 1. The van der Waals surface area contributed by atoms with E-state index in [1.807, 2.05) is 17.0 Å². The summed E-state index contributed by atoms with van der Waals surface area (Å²) in [6.45, 7) is 6.04. The molecule has 1 aromatic heterocycles. The first-order valence-electron chi connectivity index (χ1n) is 12.6. The minimum absolute atomic E-state index is 0.0296. The van der Waals surface area contributed by atoms with E-state index in [2.05, 4.69) is 25.8 Å². The fraction of sp³-hybridized carbons (Fsp3) is 0.393. The van der Waals surface area contributed by atoms with Gasteiger partial charge in [-0.2, -0.15) is 0 Å². The first-order valence-corrected chi connectivity index (χ1v) is 12.6. The Kier molecular flexibility index (Phi) is 5.73. The van der Waals surface area contributed by atoms with Gasteiger partial charge < -0.3 is 14.9 Å². The lowest BCUT2D eigenvalue weighted by Crippen LogP contribution is -2.50. The highest BCUT2D eigenvalue weighted by molar-refractivity contribution is 5.96. The molecule has 1 amide bonds. The van der Waals surface area contributed by atoms with Gasteiger partial charge in [-0.05, 0) is 43.5 Å². The lowest BCUT2D eigenvalue weighted by molar-refractivity contribution is 0.0554. The fourth-order valence-corrected chi connectivity index (χ4v) is 5.55. The van der Waals surface area contributed by atoms with Gasteiger partial charge in [0.05, 0.1) is 6.10 Å². The zero-order valence-electron chi connectivity index (χ0n) is 20.4. The summed E-state index contributed by atoms with van der Waals surface area (Å²) in [5.74, 6) is 0.297. The highest BCUT2D eigenvalue weighted by atomic mass is 19.1. The second-order valence-electron chi connectivity index (χ2n) is 10.3. The molecular formula is C28H30FN5O2. The van der Waals surface area contributed by atoms with Gasteiger partial charge in [0.25, 0.3) is 5.91 Å². The summed E-state index contributed by atoms with van der Waals surface area (Å²) in [5.41, 5.74) is 4.13. The van der Waals surface area contributed by atoms with Crippen molar-refractivity contribution in [3.63, 3.8) is 0 Å². The van der Waals surface area contributed by atoms with E-state index in [0.717, 1.165) is 38.2 Å². The van der Waals surface area contributed by atoms with Crippen LogP contribution in [0.1, 0.15) is 35.7 Å². The second kappa shape index (κ2) is 8.94. The number of piperazine rings is 1. The molecule has 186 valence electrons. The van der Waals surface area contributed by atoms with Gasteiger partial charge in [0.15, 0.2) is 0 Å². The van der Waals surface area contributed by atoms with E-state index in [9.17, 15) is 14.3 Å². The van der Waals surface area contributed by atoms with E-state index in [4.69, 9.17) is 0 Å². The molecule has 8 heteroatoms. The highest BCUT2D eigenvalue weighted by Gasteiger charge is 2.52. The molecule has 3 aromatic rings. The molecule has 7 nitrogen and oxygen atoms in total. The van der Waals surface area contributed by atoms with Crippen molar-refractivity contribution in [3.8, 4) is 11.1 Å². The Labute approximate surface area is 210 Å². The van der Waals surface area contributed by atoms with E-state index in [0.29, 0.717) is 42.3 Å². The number of amides is 1. The predicted octanol–water partition coefficient (Wildman–Crippen LogP) is 3.60. The van der Waals surface area contributed by atoms with Crippen LogP contribution in [0, 0.1) is 5.82 Å². The summed E-state index contributed by atoms with van der Waals surface area (Å²) >= 11 is 0. The molecule has 3 heterocycles. The maximum absolute atomic E-state index is 14.2. The normalized spacial score (nSPS) is 19.4. The lowest BCUT2D eigenvalue weighted by Gasteiger charge is -2.35. The van der Waals surface area contributed by atoms with Crippen LogP contribution >= 0.6 is 0 Å². The van der Waals surface area contributed by atoms with Crippen molar-refractivity contribution in [1.82, 2.24) is 19.8 Å². The van der Waals surface area contributed by atoms with Gasteiger partial charge in [0, 0.05) is 79.5 Å². The van der Waals surface area contributed by atoms with E-state index in [1.165, 1.54) is 11.6 Å². The molecule has 1 atom stereocenters. The van der Waals surface area contributed by atoms with Gasteiger partial charge in [-0.1, -0.05) is 24.3 Å². The smallest absolute Gasteiger partial charge is 0.254 e. The zero-order chi connectivity index (χ0) is 24.9. The molecule has 2 aliphatic heterocycles. The van der Waals surface area contributed by atoms with Crippen molar-refractivity contribution in [2.75, 3.05) is 44.2 Å². The second-order valence-corrected chi connectivity index (χ2v) is 10.3. The molecule has 36 heavy (non-hydrogen) atoms. The van der Waals surface area contributed by atoms with Crippen molar-refractivity contribution in [3.05, 3.63) is 71.8 Å². The third kappa shape index (κ3) is 4.14. The molecule has 0 bridgehead atoms. The minimum Gasteiger partial charge on any atom is -0.392 e. The van der Waals surface area contributed by atoms with Gasteiger partial charge in [0.2, 0.25) is 5.95 Å². The van der Waals surface area contributed by atoms with Gasteiger partial charge in [-0.3, -0.25) is 9.69 Å². The Morgan fingerprint density at radius 2 is 1.81 bits per heavy atom. The number of halogens is 1. The molecule has 1 spiro atoms. The highest BCUT2D eigenvalue weighted by Crippen LogP contribution is 2.57. The lowest BCUT2D eigenvalue weighted by atomic mass is 9.97. The van der Waals surface area contributed by atoms with Crippen LogP contribution in [0.5, 0.6) is 0 Å². The fourth-order valence-electron chi connectivity index (χ4n) is 5.55. The van der Waals surface area contributed by atoms with E-state index in [1.54, 1.807) is 37.5 Å². The van der Waals surface area contributed by atoms with Crippen LogP contribution in [0.3, 0.4) is 0 Å². The van der Waals surface area contributed by atoms with Crippen LogP contribution in [0.15, 0.2) is 54.9 Å². The summed E-state index contributed by atoms with van der Waals surface area (Å²) in [7, 11) is 0. The third-order valence-corrected chi connectivity index (χ3v) is 7.67. The topological polar surface area (TPSA) is 72.8 Å². The molecule has 0 radical (unpaired) electrons. The number of carbonyl (C=O) groups is 1. The van der Waals surface area contributed by atoms with Crippen molar-refractivity contribution >= 4 is 17.5 Å². The number of aromatic nitrogens is 2. The Bertz CT molecular complexity index is 1280. The molecule has 1 unspecified atom stereocenters. The molecule has 1 N–H and O–H groups in total. The number of hydrogen-bond donors (Lipinski definition) is 1. The number of aliphatic hydroxyl groups excluding tert-OH is 1. The van der Waals surface area contributed by atoms with Gasteiger partial charge >= 0.3 is 0 Å². The number of hydrogen-bond acceptors (Lipinski definition) is 6. The average molecular weight is 488 g/mol.